The van der Waals surface area contributed by atoms with Gasteiger partial charge in [0, 0.05) is 18.2 Å². The number of ether oxygens (including phenoxy) is 1. The molecule has 0 unspecified atom stereocenters. The number of benzene rings is 2. The molecule has 0 aliphatic rings. The third-order valence-electron chi connectivity index (χ3n) is 3.80. The quantitative estimate of drug-likeness (QED) is 0.749. The Morgan fingerprint density at radius 2 is 1.77 bits per heavy atom. The van der Waals surface area contributed by atoms with Gasteiger partial charge in [0.15, 0.2) is 0 Å². The molecule has 0 fully saturated rings. The van der Waals surface area contributed by atoms with Crippen LogP contribution in [0, 0.1) is 0 Å². The Hall–Kier alpha value is -3.15. The molecule has 0 aliphatic heterocycles. The summed E-state index contributed by atoms with van der Waals surface area (Å²) in [5.74, 6) is -1.12. The van der Waals surface area contributed by atoms with Crippen molar-refractivity contribution in [2.75, 3.05) is 12.4 Å². The maximum atomic E-state index is 12.5. The predicted molar refractivity (Wildman–Crippen MR) is 98.8 cm³/mol. The van der Waals surface area contributed by atoms with Gasteiger partial charge in [-0.2, -0.15) is 0 Å². The highest BCUT2D eigenvalue weighted by atomic mass is 16.5. The Balaban J connectivity index is 2.06. The molecule has 2 amide bonds. The van der Waals surface area contributed by atoms with E-state index < -0.39 is 17.9 Å². The molecular formula is C20H22N2O4. The maximum Gasteiger partial charge on any atom is 0.328 e. The number of rotatable bonds is 7. The second kappa shape index (κ2) is 9.36. The molecule has 0 bridgehead atoms. The fraction of sp³-hybridized carbons (Fsp3) is 0.250. The van der Waals surface area contributed by atoms with Crippen molar-refractivity contribution < 1.29 is 19.1 Å². The van der Waals surface area contributed by atoms with Crippen LogP contribution in [0.2, 0.25) is 0 Å². The predicted octanol–water partition coefficient (Wildman–Crippen LogP) is 2.55. The summed E-state index contributed by atoms with van der Waals surface area (Å²) < 4.78 is 4.80. The van der Waals surface area contributed by atoms with Gasteiger partial charge in [0.1, 0.15) is 6.04 Å². The van der Waals surface area contributed by atoms with Crippen LogP contribution < -0.4 is 10.6 Å². The number of carbonyl (C=O) groups is 3. The second-order valence-electron chi connectivity index (χ2n) is 5.84. The number of hydrogen-bond acceptors (Lipinski definition) is 4. The monoisotopic (exact) mass is 354 g/mol. The number of anilines is 1. The van der Waals surface area contributed by atoms with Crippen LogP contribution >= 0.6 is 0 Å². The van der Waals surface area contributed by atoms with Crippen molar-refractivity contribution in [1.29, 1.82) is 0 Å². The molecule has 2 aromatic rings. The molecule has 0 radical (unpaired) electrons. The summed E-state index contributed by atoms with van der Waals surface area (Å²) in [5.41, 5.74) is 1.94. The molecule has 2 rings (SSSR count). The minimum absolute atomic E-state index is 0.224. The zero-order valence-electron chi connectivity index (χ0n) is 14.8. The molecular weight excluding hydrogens is 332 g/mol. The van der Waals surface area contributed by atoms with Crippen molar-refractivity contribution in [3.05, 3.63) is 65.7 Å². The van der Waals surface area contributed by atoms with E-state index in [9.17, 15) is 14.4 Å². The van der Waals surface area contributed by atoms with E-state index >= 15 is 0 Å². The van der Waals surface area contributed by atoms with Crippen LogP contribution in [-0.2, 0) is 20.7 Å². The van der Waals surface area contributed by atoms with Crippen LogP contribution in [0.4, 0.5) is 5.69 Å². The number of hydrogen-bond donors (Lipinski definition) is 2. The molecule has 6 nitrogen and oxygen atoms in total. The first kappa shape index (κ1) is 19.2. The SMILES string of the molecule is COC(=O)[C@H](CCc1ccccc1)NC(=O)c1cccc(NC(C)=O)c1. The van der Waals surface area contributed by atoms with Crippen LogP contribution in [0.3, 0.4) is 0 Å². The van der Waals surface area contributed by atoms with Crippen molar-refractivity contribution in [1.82, 2.24) is 5.32 Å². The molecule has 0 aromatic heterocycles. The largest absolute Gasteiger partial charge is 0.467 e. The molecule has 136 valence electrons. The van der Waals surface area contributed by atoms with E-state index in [-0.39, 0.29) is 5.91 Å². The van der Waals surface area contributed by atoms with E-state index in [1.165, 1.54) is 14.0 Å². The molecule has 0 saturated heterocycles. The lowest BCUT2D eigenvalue weighted by molar-refractivity contribution is -0.143. The highest BCUT2D eigenvalue weighted by molar-refractivity contribution is 5.98. The fourth-order valence-electron chi connectivity index (χ4n) is 2.53. The lowest BCUT2D eigenvalue weighted by Gasteiger charge is -2.17. The molecule has 2 N–H and O–H groups in total. The highest BCUT2D eigenvalue weighted by Crippen LogP contribution is 2.12. The molecule has 0 heterocycles. The third-order valence-corrected chi connectivity index (χ3v) is 3.80. The fourth-order valence-corrected chi connectivity index (χ4v) is 2.53. The molecule has 0 saturated carbocycles. The van der Waals surface area contributed by atoms with E-state index in [0.29, 0.717) is 24.1 Å². The van der Waals surface area contributed by atoms with Gasteiger partial charge in [0.05, 0.1) is 7.11 Å². The van der Waals surface area contributed by atoms with Gasteiger partial charge in [-0.1, -0.05) is 36.4 Å². The number of methoxy groups -OCH3 is 1. The zero-order valence-corrected chi connectivity index (χ0v) is 14.8. The standard InChI is InChI=1S/C20H22N2O4/c1-14(23)21-17-10-6-9-16(13-17)19(24)22-18(20(25)26-2)12-11-15-7-4-3-5-8-15/h3-10,13,18H,11-12H2,1-2H3,(H,21,23)(H,22,24)/t18-/m0/s1. The van der Waals surface area contributed by atoms with Gasteiger partial charge >= 0.3 is 5.97 Å². The average Bonchev–Trinajstić information content (AvgIpc) is 2.64. The first-order valence-corrected chi connectivity index (χ1v) is 8.30. The van der Waals surface area contributed by atoms with Gasteiger partial charge in [-0.3, -0.25) is 9.59 Å². The Kier molecular flexibility index (Phi) is 6.91. The maximum absolute atomic E-state index is 12.5. The molecule has 26 heavy (non-hydrogen) atoms. The van der Waals surface area contributed by atoms with Gasteiger partial charge in [-0.25, -0.2) is 4.79 Å². The van der Waals surface area contributed by atoms with Gasteiger partial charge in [-0.05, 0) is 36.6 Å². The van der Waals surface area contributed by atoms with E-state index in [1.54, 1.807) is 24.3 Å². The van der Waals surface area contributed by atoms with Crippen LogP contribution in [0.25, 0.3) is 0 Å². The van der Waals surface area contributed by atoms with E-state index in [1.807, 2.05) is 30.3 Å². The molecule has 1 atom stereocenters. The molecule has 0 spiro atoms. The van der Waals surface area contributed by atoms with Gasteiger partial charge in [0.25, 0.3) is 5.91 Å². The average molecular weight is 354 g/mol. The van der Waals surface area contributed by atoms with Gasteiger partial charge in [-0.15, -0.1) is 0 Å². The summed E-state index contributed by atoms with van der Waals surface area (Å²) >= 11 is 0. The Morgan fingerprint density at radius 3 is 2.42 bits per heavy atom. The summed E-state index contributed by atoms with van der Waals surface area (Å²) in [6.45, 7) is 1.39. The Morgan fingerprint density at radius 1 is 1.04 bits per heavy atom. The Labute approximate surface area is 152 Å². The van der Waals surface area contributed by atoms with Crippen molar-refractivity contribution in [2.24, 2.45) is 0 Å². The number of amides is 2. The smallest absolute Gasteiger partial charge is 0.328 e. The van der Waals surface area contributed by atoms with E-state index in [0.717, 1.165) is 5.56 Å². The van der Waals surface area contributed by atoms with Crippen LogP contribution in [0.5, 0.6) is 0 Å². The normalized spacial score (nSPS) is 11.3. The zero-order chi connectivity index (χ0) is 18.9. The highest BCUT2D eigenvalue weighted by Gasteiger charge is 2.22. The summed E-state index contributed by atoms with van der Waals surface area (Å²) in [7, 11) is 1.29. The third kappa shape index (κ3) is 5.73. The first-order valence-electron chi connectivity index (χ1n) is 8.30. The lowest BCUT2D eigenvalue weighted by atomic mass is 10.0. The second-order valence-corrected chi connectivity index (χ2v) is 5.84. The van der Waals surface area contributed by atoms with Gasteiger partial charge < -0.3 is 15.4 Å². The number of carbonyl (C=O) groups excluding carboxylic acids is 3. The Bertz CT molecular complexity index is 774. The summed E-state index contributed by atoms with van der Waals surface area (Å²) in [5, 5.41) is 5.33. The minimum Gasteiger partial charge on any atom is -0.467 e. The first-order chi connectivity index (χ1) is 12.5. The van der Waals surface area contributed by atoms with Crippen LogP contribution in [0.15, 0.2) is 54.6 Å². The molecule has 0 aliphatic carbocycles. The molecule has 2 aromatic carbocycles. The molecule has 6 heteroatoms. The lowest BCUT2D eigenvalue weighted by Crippen LogP contribution is -2.41. The van der Waals surface area contributed by atoms with Crippen molar-refractivity contribution >= 4 is 23.5 Å². The van der Waals surface area contributed by atoms with Crippen molar-refractivity contribution in [3.63, 3.8) is 0 Å². The van der Waals surface area contributed by atoms with Crippen LogP contribution in [0.1, 0.15) is 29.3 Å². The number of esters is 1. The van der Waals surface area contributed by atoms with E-state index in [4.69, 9.17) is 4.74 Å². The van der Waals surface area contributed by atoms with E-state index in [2.05, 4.69) is 10.6 Å². The summed E-state index contributed by atoms with van der Waals surface area (Å²) in [6.07, 6.45) is 1.06. The number of nitrogens with one attached hydrogen (secondary N) is 2. The summed E-state index contributed by atoms with van der Waals surface area (Å²) in [4.78, 5) is 35.7. The minimum atomic E-state index is -0.753. The van der Waals surface area contributed by atoms with Crippen molar-refractivity contribution in [3.8, 4) is 0 Å². The topological polar surface area (TPSA) is 84.5 Å². The van der Waals surface area contributed by atoms with Crippen molar-refractivity contribution in [2.45, 2.75) is 25.8 Å². The van der Waals surface area contributed by atoms with Gasteiger partial charge in [0.2, 0.25) is 5.91 Å². The number of aryl methyl sites for hydroxylation is 1. The van der Waals surface area contributed by atoms with Crippen LogP contribution in [-0.4, -0.2) is 30.9 Å². The summed E-state index contributed by atoms with van der Waals surface area (Å²) in [6, 6.07) is 15.5.